The van der Waals surface area contributed by atoms with Gasteiger partial charge in [-0.3, -0.25) is 9.59 Å². The van der Waals surface area contributed by atoms with E-state index in [-0.39, 0.29) is 24.4 Å². The molecule has 2 aromatic rings. The summed E-state index contributed by atoms with van der Waals surface area (Å²) in [5.41, 5.74) is 2.60. The summed E-state index contributed by atoms with van der Waals surface area (Å²) in [6, 6.07) is 14.0. The van der Waals surface area contributed by atoms with Crippen molar-refractivity contribution in [2.75, 3.05) is 30.3 Å². The van der Waals surface area contributed by atoms with Gasteiger partial charge in [0.2, 0.25) is 5.91 Å². The molecule has 140 valence electrons. The van der Waals surface area contributed by atoms with E-state index >= 15 is 0 Å². The van der Waals surface area contributed by atoms with Crippen molar-refractivity contribution in [3.05, 3.63) is 59.7 Å². The van der Waals surface area contributed by atoms with Crippen LogP contribution in [0.4, 0.5) is 16.2 Å². The number of aryl methyl sites for hydroxylation is 1. The Balaban J connectivity index is 1.65. The fourth-order valence-electron chi connectivity index (χ4n) is 2.82. The van der Waals surface area contributed by atoms with Gasteiger partial charge in [0, 0.05) is 30.0 Å². The van der Waals surface area contributed by atoms with Gasteiger partial charge in [-0.1, -0.05) is 24.3 Å². The number of nitrogens with one attached hydrogen (secondary N) is 3. The van der Waals surface area contributed by atoms with Gasteiger partial charge in [-0.15, -0.1) is 0 Å². The van der Waals surface area contributed by atoms with Crippen molar-refractivity contribution in [3.63, 3.8) is 0 Å². The van der Waals surface area contributed by atoms with Gasteiger partial charge < -0.3 is 20.9 Å². The van der Waals surface area contributed by atoms with Crippen LogP contribution in [-0.2, 0) is 4.79 Å². The number of amides is 4. The number of anilines is 2. The summed E-state index contributed by atoms with van der Waals surface area (Å²) in [5.74, 6) is -0.497. The third-order valence-electron chi connectivity index (χ3n) is 4.31. The van der Waals surface area contributed by atoms with Gasteiger partial charge in [0.05, 0.1) is 0 Å². The van der Waals surface area contributed by atoms with Crippen LogP contribution in [0.1, 0.15) is 22.3 Å². The first-order chi connectivity index (χ1) is 13.0. The van der Waals surface area contributed by atoms with E-state index in [9.17, 15) is 14.4 Å². The topological polar surface area (TPSA) is 90.5 Å². The third kappa shape index (κ3) is 4.84. The zero-order valence-corrected chi connectivity index (χ0v) is 15.1. The van der Waals surface area contributed by atoms with E-state index in [1.54, 1.807) is 36.4 Å². The quantitative estimate of drug-likeness (QED) is 0.760. The highest BCUT2D eigenvalue weighted by atomic mass is 16.2. The smallest absolute Gasteiger partial charge is 0.317 e. The lowest BCUT2D eigenvalue weighted by Crippen LogP contribution is -2.49. The number of carbonyl (C=O) groups is 3. The first-order valence-electron chi connectivity index (χ1n) is 8.82. The monoisotopic (exact) mass is 366 g/mol. The SMILES string of the molecule is Cc1ccc(NC(=O)c2ccccc2)cc1NC(=O)CN1CCCNC1=O. The Labute approximate surface area is 157 Å². The second-order valence-corrected chi connectivity index (χ2v) is 6.41. The molecule has 1 aliphatic heterocycles. The first kappa shape index (κ1) is 18.4. The highest BCUT2D eigenvalue weighted by Crippen LogP contribution is 2.21. The highest BCUT2D eigenvalue weighted by Gasteiger charge is 2.20. The maximum absolute atomic E-state index is 12.3. The fourth-order valence-corrected chi connectivity index (χ4v) is 2.82. The number of carbonyl (C=O) groups excluding carboxylic acids is 3. The molecule has 0 aromatic heterocycles. The van der Waals surface area contributed by atoms with Gasteiger partial charge in [-0.25, -0.2) is 4.79 Å². The molecule has 7 heteroatoms. The largest absolute Gasteiger partial charge is 0.338 e. The molecular weight excluding hydrogens is 344 g/mol. The van der Waals surface area contributed by atoms with Crippen molar-refractivity contribution in [1.82, 2.24) is 10.2 Å². The molecule has 0 atom stereocenters. The Kier molecular flexibility index (Phi) is 5.71. The van der Waals surface area contributed by atoms with E-state index in [4.69, 9.17) is 0 Å². The molecule has 3 N–H and O–H groups in total. The number of hydrogen-bond donors (Lipinski definition) is 3. The number of benzene rings is 2. The lowest BCUT2D eigenvalue weighted by Gasteiger charge is -2.26. The van der Waals surface area contributed by atoms with Crippen LogP contribution in [0.3, 0.4) is 0 Å². The molecule has 0 saturated carbocycles. The normalized spacial score (nSPS) is 13.7. The fraction of sp³-hybridized carbons (Fsp3) is 0.250. The number of nitrogens with zero attached hydrogens (tertiary/aromatic N) is 1. The molecule has 27 heavy (non-hydrogen) atoms. The summed E-state index contributed by atoms with van der Waals surface area (Å²) < 4.78 is 0. The highest BCUT2D eigenvalue weighted by molar-refractivity contribution is 6.04. The number of hydrogen-bond acceptors (Lipinski definition) is 3. The molecule has 0 spiro atoms. The van der Waals surface area contributed by atoms with Gasteiger partial charge in [-0.05, 0) is 43.2 Å². The first-order valence-corrected chi connectivity index (χ1v) is 8.82. The van der Waals surface area contributed by atoms with Crippen molar-refractivity contribution in [3.8, 4) is 0 Å². The van der Waals surface area contributed by atoms with E-state index in [2.05, 4.69) is 16.0 Å². The summed E-state index contributed by atoms with van der Waals surface area (Å²) in [5, 5.41) is 8.36. The molecule has 1 saturated heterocycles. The molecule has 0 aliphatic carbocycles. The summed E-state index contributed by atoms with van der Waals surface area (Å²) in [7, 11) is 0. The number of rotatable bonds is 5. The molecule has 0 unspecified atom stereocenters. The average molecular weight is 366 g/mol. The molecule has 1 fully saturated rings. The van der Waals surface area contributed by atoms with E-state index in [1.165, 1.54) is 4.90 Å². The van der Waals surface area contributed by atoms with Crippen molar-refractivity contribution in [1.29, 1.82) is 0 Å². The predicted octanol–water partition coefficient (Wildman–Crippen LogP) is 2.60. The van der Waals surface area contributed by atoms with Crippen LogP contribution in [0.15, 0.2) is 48.5 Å². The molecule has 1 aliphatic rings. The second-order valence-electron chi connectivity index (χ2n) is 6.41. The van der Waals surface area contributed by atoms with Gasteiger partial charge >= 0.3 is 6.03 Å². The Morgan fingerprint density at radius 1 is 1.11 bits per heavy atom. The summed E-state index contributed by atoms with van der Waals surface area (Å²) >= 11 is 0. The van der Waals surface area contributed by atoms with Crippen LogP contribution in [-0.4, -0.2) is 42.4 Å². The zero-order valence-electron chi connectivity index (χ0n) is 15.1. The Morgan fingerprint density at radius 2 is 1.89 bits per heavy atom. The molecule has 7 nitrogen and oxygen atoms in total. The maximum Gasteiger partial charge on any atom is 0.317 e. The van der Waals surface area contributed by atoms with Gasteiger partial charge in [0.1, 0.15) is 6.54 Å². The minimum Gasteiger partial charge on any atom is -0.338 e. The zero-order chi connectivity index (χ0) is 19.2. The van der Waals surface area contributed by atoms with Gasteiger partial charge in [0.25, 0.3) is 5.91 Å². The van der Waals surface area contributed by atoms with Crippen molar-refractivity contribution in [2.45, 2.75) is 13.3 Å². The van der Waals surface area contributed by atoms with Gasteiger partial charge in [-0.2, -0.15) is 0 Å². The van der Waals surface area contributed by atoms with E-state index in [0.717, 1.165) is 12.0 Å². The standard InChI is InChI=1S/C20H22N4O3/c1-14-8-9-16(22-19(26)15-6-3-2-4-7-15)12-17(14)23-18(25)13-24-11-5-10-21-20(24)27/h2-4,6-9,12H,5,10-11,13H2,1H3,(H,21,27)(H,22,26)(H,23,25). The van der Waals surface area contributed by atoms with Crippen molar-refractivity contribution in [2.24, 2.45) is 0 Å². The molecular formula is C20H22N4O3. The van der Waals surface area contributed by atoms with Crippen LogP contribution < -0.4 is 16.0 Å². The van der Waals surface area contributed by atoms with Crippen LogP contribution in [0.5, 0.6) is 0 Å². The van der Waals surface area contributed by atoms with E-state index in [0.29, 0.717) is 30.0 Å². The second kappa shape index (κ2) is 8.35. The molecule has 1 heterocycles. The summed E-state index contributed by atoms with van der Waals surface area (Å²) in [4.78, 5) is 37.8. The van der Waals surface area contributed by atoms with E-state index in [1.807, 2.05) is 19.1 Å². The Bertz CT molecular complexity index is 852. The molecule has 0 bridgehead atoms. The van der Waals surface area contributed by atoms with Crippen molar-refractivity contribution >= 4 is 29.2 Å². The Hall–Kier alpha value is -3.35. The van der Waals surface area contributed by atoms with E-state index < -0.39 is 0 Å². The minimum absolute atomic E-state index is 0.00806. The van der Waals surface area contributed by atoms with Gasteiger partial charge in [0.15, 0.2) is 0 Å². The lowest BCUT2D eigenvalue weighted by molar-refractivity contribution is -0.116. The Morgan fingerprint density at radius 3 is 2.63 bits per heavy atom. The molecule has 4 amide bonds. The van der Waals surface area contributed by atoms with Crippen molar-refractivity contribution < 1.29 is 14.4 Å². The van der Waals surface area contributed by atoms with Crippen LogP contribution >= 0.6 is 0 Å². The van der Waals surface area contributed by atoms with Crippen LogP contribution in [0.2, 0.25) is 0 Å². The molecule has 3 rings (SSSR count). The number of urea groups is 1. The predicted molar refractivity (Wildman–Crippen MR) is 104 cm³/mol. The molecule has 0 radical (unpaired) electrons. The maximum atomic E-state index is 12.3. The minimum atomic E-state index is -0.276. The lowest BCUT2D eigenvalue weighted by atomic mass is 10.1. The molecule has 2 aromatic carbocycles. The van der Waals surface area contributed by atoms with Crippen LogP contribution in [0, 0.1) is 6.92 Å². The average Bonchev–Trinajstić information content (AvgIpc) is 2.67. The van der Waals surface area contributed by atoms with Crippen LogP contribution in [0.25, 0.3) is 0 Å². The summed E-state index contributed by atoms with van der Waals surface area (Å²) in [6.07, 6.45) is 0.819. The third-order valence-corrected chi connectivity index (χ3v) is 4.31. The summed E-state index contributed by atoms with van der Waals surface area (Å²) in [6.45, 7) is 3.06.